The van der Waals surface area contributed by atoms with Gasteiger partial charge in [-0.1, -0.05) is 46.5 Å². The Morgan fingerprint density at radius 3 is 1.95 bits per heavy atom. The zero-order valence-corrected chi connectivity index (χ0v) is 13.5. The lowest BCUT2D eigenvalue weighted by Crippen LogP contribution is -2.32. The lowest BCUT2D eigenvalue weighted by molar-refractivity contribution is -0.156. The summed E-state index contributed by atoms with van der Waals surface area (Å²) in [5, 5.41) is 0. The molecule has 0 aliphatic heterocycles. The molecule has 0 atom stereocenters. The number of carbonyl (C=O) groups is 2. The van der Waals surface area contributed by atoms with E-state index < -0.39 is 0 Å². The number of hydrogen-bond acceptors (Lipinski definition) is 3. The first-order valence-corrected chi connectivity index (χ1v) is 7.65. The molecule has 0 aliphatic carbocycles. The molecule has 3 nitrogen and oxygen atoms in total. The fourth-order valence-electron chi connectivity index (χ4n) is 2.17. The van der Waals surface area contributed by atoms with Gasteiger partial charge in [0.2, 0.25) is 0 Å². The molecule has 0 rings (SSSR count). The van der Waals surface area contributed by atoms with Gasteiger partial charge in [-0.15, -0.1) is 0 Å². The Morgan fingerprint density at radius 2 is 1.58 bits per heavy atom. The average Bonchev–Trinajstić information content (AvgIpc) is 2.41. The van der Waals surface area contributed by atoms with Crippen molar-refractivity contribution in [3.8, 4) is 0 Å². The van der Waals surface area contributed by atoms with Gasteiger partial charge < -0.3 is 9.53 Å². The lowest BCUT2D eigenvalue weighted by atomic mass is 9.77. The Labute approximate surface area is 119 Å². The molecule has 0 aliphatic rings. The Balaban J connectivity index is 0. The molecular formula is C16H32O3. The van der Waals surface area contributed by atoms with Crippen LogP contribution in [-0.4, -0.2) is 18.9 Å². The smallest absolute Gasteiger partial charge is 0.312 e. The van der Waals surface area contributed by atoms with Gasteiger partial charge in [-0.3, -0.25) is 4.79 Å². The predicted molar refractivity (Wildman–Crippen MR) is 80.1 cm³/mol. The minimum atomic E-state index is -0.219. The summed E-state index contributed by atoms with van der Waals surface area (Å²) in [7, 11) is 0. The maximum Gasteiger partial charge on any atom is 0.312 e. The van der Waals surface area contributed by atoms with E-state index >= 15 is 0 Å². The number of rotatable bonds is 9. The van der Waals surface area contributed by atoms with Crippen molar-refractivity contribution in [2.45, 2.75) is 79.6 Å². The van der Waals surface area contributed by atoms with Crippen LogP contribution in [0.3, 0.4) is 0 Å². The molecular weight excluding hydrogens is 240 g/mol. The third kappa shape index (κ3) is 8.79. The van der Waals surface area contributed by atoms with E-state index in [0.717, 1.165) is 32.0 Å². The van der Waals surface area contributed by atoms with E-state index in [9.17, 15) is 4.79 Å². The molecule has 0 heterocycles. The first-order valence-electron chi connectivity index (χ1n) is 7.65. The zero-order chi connectivity index (χ0) is 15.1. The Bertz CT molecular complexity index is 220. The van der Waals surface area contributed by atoms with E-state index in [1.54, 1.807) is 0 Å². The van der Waals surface area contributed by atoms with Gasteiger partial charge in [-0.2, -0.15) is 0 Å². The second kappa shape index (κ2) is 13.6. The fourth-order valence-corrected chi connectivity index (χ4v) is 2.17. The standard InChI is InChI=1S/C14H28O2.C2H4O/c1-5-9-10-11-12-14(6-2,7-3)13(15)16-8-4;1-2-3/h5-12H2,1-4H3;2H,1H3. The molecule has 0 bridgehead atoms. The molecule has 0 unspecified atom stereocenters. The third-order valence-corrected chi connectivity index (χ3v) is 3.57. The normalized spacial score (nSPS) is 10.4. The van der Waals surface area contributed by atoms with Crippen molar-refractivity contribution in [1.82, 2.24) is 0 Å². The van der Waals surface area contributed by atoms with Gasteiger partial charge in [0.1, 0.15) is 6.29 Å². The molecule has 0 amide bonds. The summed E-state index contributed by atoms with van der Waals surface area (Å²) in [5.41, 5.74) is -0.219. The quantitative estimate of drug-likeness (QED) is 0.352. The molecule has 0 spiro atoms. The minimum Gasteiger partial charge on any atom is -0.466 e. The van der Waals surface area contributed by atoms with Crippen molar-refractivity contribution in [1.29, 1.82) is 0 Å². The summed E-state index contributed by atoms with van der Waals surface area (Å²) >= 11 is 0. The summed E-state index contributed by atoms with van der Waals surface area (Å²) in [6.45, 7) is 10.2. The largest absolute Gasteiger partial charge is 0.466 e. The van der Waals surface area contributed by atoms with E-state index in [4.69, 9.17) is 9.53 Å². The molecule has 0 aromatic rings. The van der Waals surface area contributed by atoms with Crippen molar-refractivity contribution in [2.75, 3.05) is 6.61 Å². The second-order valence-corrected chi connectivity index (χ2v) is 4.75. The number of aldehydes is 1. The topological polar surface area (TPSA) is 43.4 Å². The van der Waals surface area contributed by atoms with Crippen molar-refractivity contribution >= 4 is 12.3 Å². The van der Waals surface area contributed by atoms with Crippen LogP contribution in [0.25, 0.3) is 0 Å². The number of carbonyl (C=O) groups excluding carboxylic acids is 2. The van der Waals surface area contributed by atoms with Crippen molar-refractivity contribution in [2.24, 2.45) is 5.41 Å². The molecule has 0 saturated carbocycles. The van der Waals surface area contributed by atoms with Crippen LogP contribution >= 0.6 is 0 Å². The van der Waals surface area contributed by atoms with Crippen LogP contribution in [0, 0.1) is 5.41 Å². The van der Waals surface area contributed by atoms with Gasteiger partial charge in [0, 0.05) is 0 Å². The zero-order valence-electron chi connectivity index (χ0n) is 13.5. The molecule has 0 fully saturated rings. The first-order chi connectivity index (χ1) is 9.08. The van der Waals surface area contributed by atoms with Gasteiger partial charge >= 0.3 is 5.97 Å². The molecule has 19 heavy (non-hydrogen) atoms. The monoisotopic (exact) mass is 272 g/mol. The maximum atomic E-state index is 12.0. The highest BCUT2D eigenvalue weighted by molar-refractivity contribution is 5.76. The summed E-state index contributed by atoms with van der Waals surface area (Å²) in [6.07, 6.45) is 8.42. The van der Waals surface area contributed by atoms with Crippen molar-refractivity contribution < 1.29 is 14.3 Å². The van der Waals surface area contributed by atoms with E-state index in [2.05, 4.69) is 20.8 Å². The van der Waals surface area contributed by atoms with E-state index in [1.807, 2.05) is 6.92 Å². The van der Waals surface area contributed by atoms with Crippen LogP contribution in [-0.2, 0) is 14.3 Å². The van der Waals surface area contributed by atoms with E-state index in [1.165, 1.54) is 26.2 Å². The van der Waals surface area contributed by atoms with Crippen LogP contribution in [0.1, 0.15) is 79.6 Å². The van der Waals surface area contributed by atoms with Crippen LogP contribution in [0.5, 0.6) is 0 Å². The Hall–Kier alpha value is -0.860. The van der Waals surface area contributed by atoms with E-state index in [0.29, 0.717) is 6.61 Å². The van der Waals surface area contributed by atoms with Crippen LogP contribution in [0.15, 0.2) is 0 Å². The number of hydrogen-bond donors (Lipinski definition) is 0. The van der Waals surface area contributed by atoms with Crippen LogP contribution < -0.4 is 0 Å². The molecule has 0 aromatic heterocycles. The average molecular weight is 272 g/mol. The van der Waals surface area contributed by atoms with Crippen molar-refractivity contribution in [3.05, 3.63) is 0 Å². The summed E-state index contributed by atoms with van der Waals surface area (Å²) in [5.74, 6) is 0.0106. The molecule has 114 valence electrons. The van der Waals surface area contributed by atoms with Gasteiger partial charge in [-0.25, -0.2) is 0 Å². The minimum absolute atomic E-state index is 0.0106. The van der Waals surface area contributed by atoms with Crippen molar-refractivity contribution in [3.63, 3.8) is 0 Å². The molecule has 0 aromatic carbocycles. The molecule has 0 saturated heterocycles. The predicted octanol–water partition coefficient (Wildman–Crippen LogP) is 4.53. The molecule has 3 heteroatoms. The SMILES string of the molecule is CC=O.CCCCCCC(CC)(CC)C(=O)OCC. The van der Waals surface area contributed by atoms with Gasteiger partial charge in [0.15, 0.2) is 0 Å². The number of ether oxygens (including phenoxy) is 1. The molecule has 0 N–H and O–H groups in total. The second-order valence-electron chi connectivity index (χ2n) is 4.75. The van der Waals surface area contributed by atoms with Gasteiger partial charge in [0.05, 0.1) is 12.0 Å². The fraction of sp³-hybridized carbons (Fsp3) is 0.875. The summed E-state index contributed by atoms with van der Waals surface area (Å²) in [6, 6.07) is 0. The van der Waals surface area contributed by atoms with E-state index in [-0.39, 0.29) is 11.4 Å². The highest BCUT2D eigenvalue weighted by Gasteiger charge is 2.35. The Kier molecular flexibility index (Phi) is 14.6. The van der Waals surface area contributed by atoms with Crippen LogP contribution in [0.2, 0.25) is 0 Å². The number of esters is 1. The van der Waals surface area contributed by atoms with Gasteiger partial charge in [-0.05, 0) is 33.1 Å². The Morgan fingerprint density at radius 1 is 1.05 bits per heavy atom. The highest BCUT2D eigenvalue weighted by atomic mass is 16.5. The van der Waals surface area contributed by atoms with Crippen LogP contribution in [0.4, 0.5) is 0 Å². The summed E-state index contributed by atoms with van der Waals surface area (Å²) in [4.78, 5) is 20.8. The summed E-state index contributed by atoms with van der Waals surface area (Å²) < 4.78 is 5.21. The number of unbranched alkanes of at least 4 members (excludes halogenated alkanes) is 3. The first kappa shape index (κ1) is 20.5. The third-order valence-electron chi connectivity index (χ3n) is 3.57. The highest BCUT2D eigenvalue weighted by Crippen LogP contribution is 2.34. The lowest BCUT2D eigenvalue weighted by Gasteiger charge is -2.29. The maximum absolute atomic E-state index is 12.0. The molecule has 0 radical (unpaired) electrons. The van der Waals surface area contributed by atoms with Gasteiger partial charge in [0.25, 0.3) is 0 Å².